The Hall–Kier alpha value is -2.59. The Balaban J connectivity index is 0.000000198. The molecule has 59 heavy (non-hydrogen) atoms. The Bertz CT molecular complexity index is 2300. The molecular formula is C42H48IN4NaO9S2. The van der Waals surface area contributed by atoms with Gasteiger partial charge in [-0.1, -0.05) is 48.5 Å². The Kier molecular flexibility index (Phi) is 19.0. The predicted molar refractivity (Wildman–Crippen MR) is 215 cm³/mol. The molecule has 0 radical (unpaired) electrons. The van der Waals surface area contributed by atoms with Gasteiger partial charge >= 0.3 is 41.1 Å². The number of thioether (sulfide) groups is 1. The number of aromatic nitrogens is 2. The van der Waals surface area contributed by atoms with Crippen LogP contribution in [0.1, 0.15) is 74.3 Å². The maximum Gasteiger partial charge on any atom is 1.00 e. The van der Waals surface area contributed by atoms with Crippen LogP contribution >= 0.6 is 11.8 Å². The quantitative estimate of drug-likeness (QED) is 0.0427. The second-order valence-corrected chi connectivity index (χ2v) is 19.3. The summed E-state index contributed by atoms with van der Waals surface area (Å²) < 4.78 is 57.1. The zero-order chi connectivity index (χ0) is 40.9. The molecule has 8 rings (SSSR count). The summed E-state index contributed by atoms with van der Waals surface area (Å²) in [6.45, 7) is 1.83. The number of oxazole rings is 2. The Labute approximate surface area is 377 Å². The van der Waals surface area contributed by atoms with Gasteiger partial charge in [0.1, 0.15) is 20.1 Å². The summed E-state index contributed by atoms with van der Waals surface area (Å²) in [5.74, 6) is 2.05. The number of hydrogen-bond donors (Lipinski definition) is 4. The average Bonchev–Trinajstić information content (AvgIpc) is 3.80. The van der Waals surface area contributed by atoms with E-state index in [2.05, 4.69) is 63.1 Å². The van der Waals surface area contributed by atoms with Crippen LogP contribution < -0.4 is 85.5 Å². The Morgan fingerprint density at radius 3 is 1.56 bits per heavy atom. The molecule has 4 N–H and O–H groups in total. The van der Waals surface area contributed by atoms with Gasteiger partial charge in [-0.25, -0.2) is 9.59 Å². The first-order valence-electron chi connectivity index (χ1n) is 19.4. The summed E-state index contributed by atoms with van der Waals surface area (Å²) in [6, 6.07) is 33.5. The fourth-order valence-corrected chi connectivity index (χ4v) is 9.49. The van der Waals surface area contributed by atoms with E-state index in [4.69, 9.17) is 22.6 Å². The summed E-state index contributed by atoms with van der Waals surface area (Å²) in [5, 5.41) is 7.28. The van der Waals surface area contributed by atoms with Gasteiger partial charge in [-0.05, 0) is 123 Å². The summed E-state index contributed by atoms with van der Waals surface area (Å²) >= 11 is -4.03. The molecule has 17 heteroatoms. The van der Waals surface area contributed by atoms with Crippen molar-refractivity contribution in [3.63, 3.8) is 0 Å². The van der Waals surface area contributed by atoms with Gasteiger partial charge in [-0.2, -0.15) is 0 Å². The van der Waals surface area contributed by atoms with Crippen molar-refractivity contribution < 1.29 is 76.4 Å². The van der Waals surface area contributed by atoms with E-state index in [9.17, 15) is 13.8 Å². The average molecular weight is 967 g/mol. The molecule has 1 atom stereocenters. The maximum atomic E-state index is 12.3. The number of hydrogen-bond acceptors (Lipinski definition) is 12. The standard InChI is InChI=1S/C21H24N2O3S.C21H24N2O2S.IO4.Na/c24-21-23-19-11-8-16(14-20(19)26-21)15-6-9-17(10-7-15)22-12-13-27(25)18-4-2-1-3-5-18;24-21-23-19-11-8-16(14-20(19)25-21)15-6-9-17(10-7-15)22-12-13-26-18-4-2-1-3-5-18;2-1(3,4)5;/h1-5,8,11,14-15,17,22H,6-7,9-10,12-13H2,(H,23,24);1-5,8,11,14-15,17,22H,6-7,9-10,12-13H2,(H,23,24);;/q;;-1;+1. The molecule has 1 unspecified atom stereocenters. The molecule has 6 aromatic rings. The first-order valence-corrected chi connectivity index (χ1v) is 25.2. The van der Waals surface area contributed by atoms with Gasteiger partial charge < -0.3 is 19.5 Å². The number of aromatic amines is 2. The van der Waals surface area contributed by atoms with E-state index in [1.54, 1.807) is 0 Å². The second kappa shape index (κ2) is 23.6. The van der Waals surface area contributed by atoms with Crippen molar-refractivity contribution in [2.45, 2.75) is 85.1 Å². The molecule has 2 aliphatic rings. The van der Waals surface area contributed by atoms with Crippen LogP contribution in [0.2, 0.25) is 0 Å². The molecule has 0 amide bonds. The van der Waals surface area contributed by atoms with Crippen molar-refractivity contribution in [1.82, 2.24) is 20.6 Å². The number of fused-ring (bicyclic) bond motifs is 2. The van der Waals surface area contributed by atoms with Crippen LogP contribution in [-0.4, -0.2) is 50.9 Å². The van der Waals surface area contributed by atoms with Crippen LogP contribution in [0.4, 0.5) is 0 Å². The molecule has 310 valence electrons. The van der Waals surface area contributed by atoms with Gasteiger partial charge in [0.25, 0.3) is 0 Å². The van der Waals surface area contributed by atoms with Gasteiger partial charge in [0.05, 0.1) is 21.8 Å². The van der Waals surface area contributed by atoms with E-state index in [-0.39, 0.29) is 35.3 Å². The molecule has 2 aromatic heterocycles. The topological polar surface area (TPSA) is 225 Å². The molecule has 0 saturated heterocycles. The van der Waals surface area contributed by atoms with Crippen LogP contribution in [0.15, 0.2) is 125 Å². The van der Waals surface area contributed by atoms with Crippen molar-refractivity contribution in [3.8, 4) is 0 Å². The van der Waals surface area contributed by atoms with E-state index >= 15 is 0 Å². The van der Waals surface area contributed by atoms with Gasteiger partial charge in [0.2, 0.25) is 0 Å². The minimum atomic E-state index is -5.94. The van der Waals surface area contributed by atoms with E-state index in [0.717, 1.165) is 60.5 Å². The number of H-pyrrole nitrogens is 2. The van der Waals surface area contributed by atoms with Gasteiger partial charge in [0.15, 0.2) is 11.2 Å². The molecule has 0 aliphatic heterocycles. The molecule has 2 saturated carbocycles. The fourth-order valence-electron chi connectivity index (χ4n) is 7.69. The van der Waals surface area contributed by atoms with Crippen molar-refractivity contribution in [2.24, 2.45) is 0 Å². The van der Waals surface area contributed by atoms with Crippen molar-refractivity contribution in [2.75, 3.05) is 24.6 Å². The first kappa shape index (κ1) is 47.5. The zero-order valence-corrected chi connectivity index (χ0v) is 38.7. The normalized spacial score (nSPS) is 19.8. The molecule has 0 spiro atoms. The van der Waals surface area contributed by atoms with Crippen LogP contribution in [0, 0.1) is 0 Å². The third-order valence-electron chi connectivity index (χ3n) is 10.6. The third-order valence-corrected chi connectivity index (χ3v) is 12.9. The van der Waals surface area contributed by atoms with Crippen LogP contribution in [0.25, 0.3) is 22.2 Å². The molecule has 2 fully saturated rings. The zero-order valence-electron chi connectivity index (χ0n) is 32.9. The number of halogens is 1. The van der Waals surface area contributed by atoms with Crippen molar-refractivity contribution >= 4 is 44.8 Å². The minimum absolute atomic E-state index is 0. The number of benzene rings is 4. The van der Waals surface area contributed by atoms with Crippen LogP contribution in [0.3, 0.4) is 0 Å². The van der Waals surface area contributed by atoms with E-state index in [1.807, 2.05) is 66.4 Å². The maximum absolute atomic E-state index is 12.3. The third kappa shape index (κ3) is 15.7. The largest absolute Gasteiger partial charge is 1.00 e. The number of nitrogens with one attached hydrogen (secondary N) is 4. The van der Waals surface area contributed by atoms with Crippen LogP contribution in [0.5, 0.6) is 0 Å². The van der Waals surface area contributed by atoms with E-state index < -0.39 is 36.6 Å². The van der Waals surface area contributed by atoms with E-state index in [1.165, 1.54) is 41.7 Å². The monoisotopic (exact) mass is 966 g/mol. The Morgan fingerprint density at radius 2 is 1.08 bits per heavy atom. The van der Waals surface area contributed by atoms with Crippen molar-refractivity contribution in [1.29, 1.82) is 0 Å². The van der Waals surface area contributed by atoms with E-state index in [0.29, 0.717) is 40.8 Å². The fraction of sp³-hybridized carbons (Fsp3) is 0.381. The van der Waals surface area contributed by atoms with Gasteiger partial charge in [-0.3, -0.25) is 27.9 Å². The molecule has 13 nitrogen and oxygen atoms in total. The van der Waals surface area contributed by atoms with Crippen LogP contribution in [-0.2, 0) is 10.8 Å². The molecule has 4 aromatic carbocycles. The van der Waals surface area contributed by atoms with Gasteiger partial charge in [-0.15, -0.1) is 11.8 Å². The summed E-state index contributed by atoms with van der Waals surface area (Å²) in [6.07, 6.45) is 9.22. The van der Waals surface area contributed by atoms with Crippen molar-refractivity contribution in [3.05, 3.63) is 129 Å². The minimum Gasteiger partial charge on any atom is -0.408 e. The molecule has 2 heterocycles. The molecule has 2 aliphatic carbocycles. The molecule has 0 bridgehead atoms. The number of rotatable bonds is 12. The van der Waals surface area contributed by atoms with Gasteiger partial charge in [0, 0.05) is 46.5 Å². The Morgan fingerprint density at radius 1 is 0.644 bits per heavy atom. The summed E-state index contributed by atoms with van der Waals surface area (Å²) in [7, 11) is -0.937. The summed E-state index contributed by atoms with van der Waals surface area (Å²) in [5.41, 5.74) is 5.38. The SMILES string of the molecule is O=c1[nH]c2ccc(C3CCC(NCCS(=O)c4ccccc4)CC3)cc2o1.O=c1[nH]c2ccc(C3CCC(NCCSc4ccccc4)CC3)cc2o1.[Na+].[O-][I+3]([O-])([O-])[O-]. The smallest absolute Gasteiger partial charge is 0.408 e. The predicted octanol–water partition coefficient (Wildman–Crippen LogP) is -2.67. The molecular weight excluding hydrogens is 919 g/mol. The first-order chi connectivity index (χ1) is 28.0. The second-order valence-electron chi connectivity index (χ2n) is 14.4. The summed E-state index contributed by atoms with van der Waals surface area (Å²) in [4.78, 5) is 30.2.